The summed E-state index contributed by atoms with van der Waals surface area (Å²) in [6, 6.07) is 7.24. The molecule has 1 aliphatic rings. The van der Waals surface area contributed by atoms with Crippen molar-refractivity contribution in [2.75, 3.05) is 11.5 Å². The van der Waals surface area contributed by atoms with E-state index in [0.717, 1.165) is 27.6 Å². The molecule has 0 radical (unpaired) electrons. The molecule has 6 N–H and O–H groups in total. The summed E-state index contributed by atoms with van der Waals surface area (Å²) in [5.41, 5.74) is 15.6. The molecule has 3 atom stereocenters. The van der Waals surface area contributed by atoms with Gasteiger partial charge >= 0.3 is 0 Å². The van der Waals surface area contributed by atoms with Crippen LogP contribution in [0.2, 0.25) is 0 Å². The quantitative estimate of drug-likeness (QED) is 0.373. The highest BCUT2D eigenvalue weighted by molar-refractivity contribution is 5.86. The van der Waals surface area contributed by atoms with Crippen LogP contribution in [0.5, 0.6) is 0 Å². The van der Waals surface area contributed by atoms with E-state index >= 15 is 0 Å². The fraction of sp³-hybridized carbons (Fsp3) is 0.238. The Kier molecular flexibility index (Phi) is 4.34. The van der Waals surface area contributed by atoms with Crippen molar-refractivity contribution in [1.29, 1.82) is 0 Å². The number of benzene rings is 1. The van der Waals surface area contributed by atoms with Gasteiger partial charge in [-0.15, -0.1) is 0 Å². The fourth-order valence-corrected chi connectivity index (χ4v) is 4.05. The molecule has 3 aromatic heterocycles. The van der Waals surface area contributed by atoms with Crippen molar-refractivity contribution in [3.8, 4) is 0 Å². The van der Waals surface area contributed by atoms with Crippen molar-refractivity contribution < 1.29 is 10.2 Å². The van der Waals surface area contributed by atoms with E-state index in [9.17, 15) is 10.2 Å². The Labute approximate surface area is 171 Å². The molecule has 5 rings (SSSR count). The Balaban J connectivity index is 1.40. The van der Waals surface area contributed by atoms with Crippen LogP contribution in [0.25, 0.3) is 22.1 Å². The van der Waals surface area contributed by atoms with Crippen molar-refractivity contribution in [2.45, 2.75) is 31.1 Å². The molecule has 2 unspecified atom stereocenters. The minimum absolute atomic E-state index is 0.378. The number of rotatable bonds is 4. The average Bonchev–Trinajstić information content (AvgIpc) is 3.29. The van der Waals surface area contributed by atoms with E-state index in [4.69, 9.17) is 11.5 Å². The molecule has 9 heteroatoms. The SMILES string of the molecule is Nc1cnc2ccc(CCC3=CC(n4ccc5c(N)ncnc54)[C@@H](O)C3O)cc2n1. The lowest BCUT2D eigenvalue weighted by atomic mass is 10.0. The zero-order valence-corrected chi connectivity index (χ0v) is 16.1. The van der Waals surface area contributed by atoms with Gasteiger partial charge in [-0.05, 0) is 42.2 Å². The predicted octanol–water partition coefficient (Wildman–Crippen LogP) is 1.37. The van der Waals surface area contributed by atoms with Gasteiger partial charge in [-0.25, -0.2) is 15.0 Å². The minimum Gasteiger partial charge on any atom is -0.388 e. The molecule has 152 valence electrons. The molecule has 0 saturated heterocycles. The number of aromatic nitrogens is 5. The van der Waals surface area contributed by atoms with E-state index in [1.165, 1.54) is 12.5 Å². The van der Waals surface area contributed by atoms with Gasteiger partial charge < -0.3 is 26.2 Å². The number of aryl methyl sites for hydroxylation is 1. The normalized spacial score (nSPS) is 21.4. The number of aliphatic hydroxyl groups excluding tert-OH is 2. The second-order valence-electron chi connectivity index (χ2n) is 7.50. The monoisotopic (exact) mass is 403 g/mol. The summed E-state index contributed by atoms with van der Waals surface area (Å²) in [5.74, 6) is 0.763. The Morgan fingerprint density at radius 3 is 2.73 bits per heavy atom. The van der Waals surface area contributed by atoms with Gasteiger partial charge in [-0.3, -0.25) is 4.98 Å². The largest absolute Gasteiger partial charge is 0.388 e. The van der Waals surface area contributed by atoms with Crippen molar-refractivity contribution in [3.05, 3.63) is 60.2 Å². The number of nitrogens with zero attached hydrogens (tertiary/aromatic N) is 5. The van der Waals surface area contributed by atoms with Gasteiger partial charge in [0, 0.05) is 6.20 Å². The van der Waals surface area contributed by atoms with Gasteiger partial charge in [0.1, 0.15) is 35.8 Å². The molecule has 0 aliphatic heterocycles. The third-order valence-electron chi connectivity index (χ3n) is 5.63. The van der Waals surface area contributed by atoms with E-state index in [1.54, 1.807) is 0 Å². The smallest absolute Gasteiger partial charge is 0.146 e. The van der Waals surface area contributed by atoms with Gasteiger partial charge in [0.25, 0.3) is 0 Å². The Hall–Kier alpha value is -3.56. The number of aliphatic hydroxyl groups is 2. The molecule has 30 heavy (non-hydrogen) atoms. The lowest BCUT2D eigenvalue weighted by Gasteiger charge is -2.19. The summed E-state index contributed by atoms with van der Waals surface area (Å²) in [6.07, 6.45) is 6.03. The summed E-state index contributed by atoms with van der Waals surface area (Å²) in [5, 5.41) is 22.0. The molecule has 0 amide bonds. The number of nitrogen functional groups attached to an aromatic ring is 2. The highest BCUT2D eigenvalue weighted by Gasteiger charge is 2.36. The van der Waals surface area contributed by atoms with Crippen LogP contribution in [-0.2, 0) is 6.42 Å². The molecule has 0 fully saturated rings. The first-order valence-electron chi connectivity index (χ1n) is 9.66. The van der Waals surface area contributed by atoms with Gasteiger partial charge in [0.05, 0.1) is 28.7 Å². The van der Waals surface area contributed by atoms with E-state index in [0.29, 0.717) is 30.1 Å². The molecule has 3 heterocycles. The molecule has 4 aromatic rings. The second-order valence-corrected chi connectivity index (χ2v) is 7.50. The lowest BCUT2D eigenvalue weighted by Crippen LogP contribution is -2.29. The van der Waals surface area contributed by atoms with Crippen molar-refractivity contribution in [1.82, 2.24) is 24.5 Å². The summed E-state index contributed by atoms with van der Waals surface area (Å²) in [4.78, 5) is 16.8. The second kappa shape index (κ2) is 7.05. The number of nitrogens with two attached hydrogens (primary N) is 2. The Morgan fingerprint density at radius 1 is 1.00 bits per heavy atom. The first kappa shape index (κ1) is 18.5. The van der Waals surface area contributed by atoms with Crippen LogP contribution in [0.1, 0.15) is 18.0 Å². The third-order valence-corrected chi connectivity index (χ3v) is 5.63. The van der Waals surface area contributed by atoms with Crippen LogP contribution in [0, 0.1) is 0 Å². The molecular weight excluding hydrogens is 382 g/mol. The van der Waals surface area contributed by atoms with Gasteiger partial charge in [0.2, 0.25) is 0 Å². The molecule has 0 spiro atoms. The standard InChI is InChI=1S/C21H21N7O2/c22-17-9-24-14-4-2-11(7-15(14)27-17)1-3-12-8-16(19(30)18(12)29)28-6-5-13-20(23)25-10-26-21(13)28/h2,4-10,16,18-19,29-30H,1,3H2,(H2,22,27)(H2,23,25,26)/t16?,18?,19-/m1/s1. The van der Waals surface area contributed by atoms with Crippen LogP contribution in [0.4, 0.5) is 11.6 Å². The van der Waals surface area contributed by atoms with Gasteiger partial charge in [0.15, 0.2) is 0 Å². The average molecular weight is 403 g/mol. The lowest BCUT2D eigenvalue weighted by molar-refractivity contribution is 0.0317. The maximum Gasteiger partial charge on any atom is 0.146 e. The van der Waals surface area contributed by atoms with Crippen LogP contribution >= 0.6 is 0 Å². The van der Waals surface area contributed by atoms with Crippen LogP contribution in [-0.4, -0.2) is 46.9 Å². The van der Waals surface area contributed by atoms with E-state index in [-0.39, 0.29) is 0 Å². The maximum absolute atomic E-state index is 10.7. The molecule has 1 aliphatic carbocycles. The highest BCUT2D eigenvalue weighted by atomic mass is 16.3. The number of fused-ring (bicyclic) bond motifs is 2. The molecule has 0 bridgehead atoms. The van der Waals surface area contributed by atoms with E-state index < -0.39 is 18.2 Å². The molecule has 1 aromatic carbocycles. The zero-order chi connectivity index (χ0) is 20.8. The molecule has 0 saturated carbocycles. The molecular formula is C21H21N7O2. The van der Waals surface area contributed by atoms with E-state index in [1.807, 2.05) is 41.1 Å². The topological polar surface area (TPSA) is 149 Å². The summed E-state index contributed by atoms with van der Waals surface area (Å²) >= 11 is 0. The fourth-order valence-electron chi connectivity index (χ4n) is 4.05. The third kappa shape index (κ3) is 3.04. The van der Waals surface area contributed by atoms with Crippen molar-refractivity contribution >= 4 is 33.7 Å². The summed E-state index contributed by atoms with van der Waals surface area (Å²) in [6.45, 7) is 0. The first-order chi connectivity index (χ1) is 14.5. The number of hydrogen-bond acceptors (Lipinski definition) is 8. The maximum atomic E-state index is 10.7. The van der Waals surface area contributed by atoms with Crippen LogP contribution < -0.4 is 11.5 Å². The first-order valence-corrected chi connectivity index (χ1v) is 9.66. The molecule has 9 nitrogen and oxygen atoms in total. The Bertz CT molecular complexity index is 1280. The van der Waals surface area contributed by atoms with Crippen LogP contribution in [0.15, 0.2) is 54.6 Å². The van der Waals surface area contributed by atoms with Crippen molar-refractivity contribution in [3.63, 3.8) is 0 Å². The van der Waals surface area contributed by atoms with Gasteiger partial charge in [-0.1, -0.05) is 12.1 Å². The van der Waals surface area contributed by atoms with Crippen molar-refractivity contribution in [2.24, 2.45) is 0 Å². The highest BCUT2D eigenvalue weighted by Crippen LogP contribution is 2.34. The minimum atomic E-state index is -0.964. The van der Waals surface area contributed by atoms with Crippen LogP contribution in [0.3, 0.4) is 0 Å². The summed E-state index contributed by atoms with van der Waals surface area (Å²) < 4.78 is 1.82. The number of hydrogen-bond donors (Lipinski definition) is 4. The predicted molar refractivity (Wildman–Crippen MR) is 113 cm³/mol. The van der Waals surface area contributed by atoms with E-state index in [2.05, 4.69) is 19.9 Å². The Morgan fingerprint density at radius 2 is 1.87 bits per heavy atom. The zero-order valence-electron chi connectivity index (χ0n) is 16.1. The van der Waals surface area contributed by atoms with Gasteiger partial charge in [-0.2, -0.15) is 0 Å². The number of anilines is 2. The summed E-state index contributed by atoms with van der Waals surface area (Å²) in [7, 11) is 0.